The summed E-state index contributed by atoms with van der Waals surface area (Å²) >= 11 is 0. The van der Waals surface area contributed by atoms with Gasteiger partial charge in [-0.1, -0.05) is 30.3 Å². The summed E-state index contributed by atoms with van der Waals surface area (Å²) in [6, 6.07) is 13.4. The van der Waals surface area contributed by atoms with Crippen molar-refractivity contribution in [2.45, 2.75) is 63.1 Å². The lowest BCUT2D eigenvalue weighted by atomic mass is 9.82. The Morgan fingerprint density at radius 2 is 2.02 bits per heavy atom. The van der Waals surface area contributed by atoms with Crippen LogP contribution in [-0.4, -0.2) is 69.8 Å². The molecule has 2 aliphatic rings. The fourth-order valence-electron chi connectivity index (χ4n) is 7.12. The third kappa shape index (κ3) is 5.07. The Hall–Kier alpha value is -3.84. The molecule has 226 valence electrons. The number of hydrogen-bond donors (Lipinski definition) is 4. The maximum Gasteiger partial charge on any atom is 0.264 e. The lowest BCUT2D eigenvalue weighted by Crippen LogP contribution is -2.45. The van der Waals surface area contributed by atoms with Gasteiger partial charge in [0.05, 0.1) is 23.9 Å². The van der Waals surface area contributed by atoms with Gasteiger partial charge in [-0.15, -0.1) is 5.10 Å². The number of aliphatic hydroxyl groups is 1. The molecule has 4 atom stereocenters. The van der Waals surface area contributed by atoms with Gasteiger partial charge in [0, 0.05) is 72.6 Å². The van der Waals surface area contributed by atoms with Crippen LogP contribution in [0.2, 0.25) is 18.6 Å². The van der Waals surface area contributed by atoms with Gasteiger partial charge in [0.1, 0.15) is 0 Å². The number of anilines is 2. The number of ether oxygens (including phenoxy) is 1. The zero-order valence-corrected chi connectivity index (χ0v) is 25.9. The Morgan fingerprint density at radius 3 is 2.79 bits per heavy atom. The molecule has 2 aromatic carbocycles. The topological polar surface area (TPSA) is 146 Å². The highest BCUT2D eigenvalue weighted by Crippen LogP contribution is 2.59. The van der Waals surface area contributed by atoms with E-state index in [0.29, 0.717) is 36.3 Å². The largest absolute Gasteiger partial charge is 0.432 e. The second-order valence-corrected chi connectivity index (χ2v) is 16.2. The molecule has 1 saturated heterocycles. The number of fused-ring (bicyclic) bond motifs is 3. The minimum Gasteiger partial charge on any atom is -0.432 e. The number of amides is 2. The fourth-order valence-corrected chi connectivity index (χ4v) is 9.73. The van der Waals surface area contributed by atoms with Crippen LogP contribution in [0.4, 0.5) is 11.4 Å². The molecule has 2 aliphatic heterocycles. The van der Waals surface area contributed by atoms with Crippen molar-refractivity contribution in [3.05, 3.63) is 71.7 Å². The number of hydrogen-bond acceptors (Lipinski definition) is 7. The van der Waals surface area contributed by atoms with E-state index in [4.69, 9.17) is 4.74 Å². The van der Waals surface area contributed by atoms with Crippen LogP contribution in [0.3, 0.4) is 0 Å². The van der Waals surface area contributed by atoms with E-state index in [0.717, 1.165) is 22.2 Å². The number of aromatic amines is 1. The van der Waals surface area contributed by atoms with Gasteiger partial charge in [-0.05, 0) is 49.3 Å². The first-order valence-electron chi connectivity index (χ1n) is 14.7. The summed E-state index contributed by atoms with van der Waals surface area (Å²) < 4.78 is 8.52. The molecule has 1 fully saturated rings. The number of likely N-dealkylation sites (N-methyl/N-ethyl adjacent to an activating group) is 1. The molecular weight excluding hydrogens is 564 g/mol. The lowest BCUT2D eigenvalue weighted by Gasteiger charge is -2.32. The SMILES string of the molecule is C[C@@H]1[C@@H]([Si](C)(C)O)[C@H](CCn2cc(CCO)nn2)O[C@@]12C(=O)N(C)c1ccc(NC(=O)Cc3c[nH]c4ccccc34)cc12. The number of H-pyrrole nitrogens is 1. The average Bonchev–Trinajstić information content (AvgIpc) is 3.70. The molecule has 6 rings (SSSR count). The Bertz CT molecular complexity index is 1680. The van der Waals surface area contributed by atoms with Gasteiger partial charge in [0.2, 0.25) is 5.91 Å². The number of para-hydroxylation sites is 1. The monoisotopic (exact) mass is 602 g/mol. The van der Waals surface area contributed by atoms with Crippen molar-refractivity contribution in [3.63, 3.8) is 0 Å². The standard InChI is InChI=1S/C31H38N6O5Si/c1-19-29(43(3,4)41)27(11-13-37-18-22(12-14-38)34-35-37)42-31(19)24-16-21(9-10-26(24)36(2)30(31)40)33-28(39)15-20-17-32-25-8-6-5-7-23(20)25/h5-10,16-19,27,29,32,38,41H,11-15H2,1-4H3,(H,33,39)/t19-,27+,29-,31+/m1/s1. The maximum atomic E-state index is 14.0. The predicted octanol–water partition coefficient (Wildman–Crippen LogP) is 3.34. The number of aliphatic hydroxyl groups excluding tert-OH is 1. The van der Waals surface area contributed by atoms with Gasteiger partial charge < -0.3 is 29.8 Å². The summed E-state index contributed by atoms with van der Waals surface area (Å²) in [6.45, 7) is 6.27. The van der Waals surface area contributed by atoms with Gasteiger partial charge in [0.15, 0.2) is 13.9 Å². The van der Waals surface area contributed by atoms with Crippen molar-refractivity contribution in [3.8, 4) is 0 Å². The summed E-state index contributed by atoms with van der Waals surface area (Å²) in [7, 11) is -1.07. The second-order valence-electron chi connectivity index (χ2n) is 12.3. The minimum absolute atomic E-state index is 0.00263. The van der Waals surface area contributed by atoms with Crippen LogP contribution in [-0.2, 0) is 39.3 Å². The van der Waals surface area contributed by atoms with E-state index in [-0.39, 0.29) is 36.3 Å². The summed E-state index contributed by atoms with van der Waals surface area (Å²) in [5.41, 5.74) is 3.10. The molecule has 2 amide bonds. The first-order valence-corrected chi connectivity index (χ1v) is 17.7. The average molecular weight is 603 g/mol. The Balaban J connectivity index is 1.27. The fraction of sp³-hybridized carbons (Fsp3) is 0.419. The minimum atomic E-state index is -2.81. The van der Waals surface area contributed by atoms with Gasteiger partial charge in [-0.2, -0.15) is 0 Å². The number of benzene rings is 2. The lowest BCUT2D eigenvalue weighted by molar-refractivity contribution is -0.145. The van der Waals surface area contributed by atoms with Crippen LogP contribution in [0.15, 0.2) is 54.9 Å². The first kappa shape index (κ1) is 29.2. The van der Waals surface area contributed by atoms with Crippen LogP contribution in [0.5, 0.6) is 0 Å². The van der Waals surface area contributed by atoms with Gasteiger partial charge in [0.25, 0.3) is 5.91 Å². The zero-order chi connectivity index (χ0) is 30.5. The highest BCUT2D eigenvalue weighted by Gasteiger charge is 2.65. The van der Waals surface area contributed by atoms with E-state index < -0.39 is 20.0 Å². The normalized spacial score (nSPS) is 23.4. The third-order valence-electron chi connectivity index (χ3n) is 9.02. The number of aryl methyl sites for hydroxylation is 1. The molecule has 4 heterocycles. The molecule has 43 heavy (non-hydrogen) atoms. The molecule has 0 saturated carbocycles. The van der Waals surface area contributed by atoms with E-state index in [9.17, 15) is 19.5 Å². The van der Waals surface area contributed by atoms with E-state index >= 15 is 0 Å². The zero-order valence-electron chi connectivity index (χ0n) is 24.9. The number of aromatic nitrogens is 4. The number of carbonyl (C=O) groups is 2. The van der Waals surface area contributed by atoms with E-state index in [1.54, 1.807) is 22.8 Å². The van der Waals surface area contributed by atoms with E-state index in [2.05, 4.69) is 20.6 Å². The second kappa shape index (κ2) is 11.0. The van der Waals surface area contributed by atoms with Crippen molar-refractivity contribution >= 4 is 42.4 Å². The van der Waals surface area contributed by atoms with Crippen LogP contribution >= 0.6 is 0 Å². The highest BCUT2D eigenvalue weighted by atomic mass is 28.4. The van der Waals surface area contributed by atoms with Crippen molar-refractivity contribution in [1.82, 2.24) is 20.0 Å². The van der Waals surface area contributed by atoms with E-state index in [1.807, 2.05) is 68.7 Å². The first-order chi connectivity index (χ1) is 20.5. The van der Waals surface area contributed by atoms with Crippen LogP contribution in [0.25, 0.3) is 10.9 Å². The molecular formula is C31H38N6O5Si. The molecule has 4 N–H and O–H groups in total. The van der Waals surface area contributed by atoms with Gasteiger partial charge in [-0.25, -0.2) is 0 Å². The van der Waals surface area contributed by atoms with Crippen molar-refractivity contribution in [2.75, 3.05) is 23.9 Å². The molecule has 1 spiro atoms. The van der Waals surface area contributed by atoms with Crippen molar-refractivity contribution < 1.29 is 24.2 Å². The quantitative estimate of drug-likeness (QED) is 0.215. The maximum absolute atomic E-state index is 14.0. The summed E-state index contributed by atoms with van der Waals surface area (Å²) in [6.07, 6.45) is 4.43. The molecule has 0 aliphatic carbocycles. The van der Waals surface area contributed by atoms with Crippen LogP contribution in [0, 0.1) is 5.92 Å². The summed E-state index contributed by atoms with van der Waals surface area (Å²) in [5.74, 6) is -0.642. The Labute approximate surface area is 251 Å². The number of carbonyl (C=O) groups excluding carboxylic acids is 2. The predicted molar refractivity (Wildman–Crippen MR) is 165 cm³/mol. The highest BCUT2D eigenvalue weighted by molar-refractivity contribution is 6.71. The van der Waals surface area contributed by atoms with Crippen molar-refractivity contribution in [1.29, 1.82) is 0 Å². The number of nitrogens with zero attached hydrogens (tertiary/aromatic N) is 4. The Morgan fingerprint density at radius 1 is 1.23 bits per heavy atom. The molecule has 11 nitrogen and oxygen atoms in total. The summed E-state index contributed by atoms with van der Waals surface area (Å²) in [4.78, 5) is 43.5. The number of rotatable bonds is 9. The molecule has 0 bridgehead atoms. The number of nitrogens with one attached hydrogen (secondary N) is 2. The smallest absolute Gasteiger partial charge is 0.264 e. The van der Waals surface area contributed by atoms with Gasteiger partial charge >= 0.3 is 0 Å². The summed E-state index contributed by atoms with van der Waals surface area (Å²) in [5, 5.41) is 21.5. The molecule has 12 heteroatoms. The molecule has 0 unspecified atom stereocenters. The Kier molecular flexibility index (Phi) is 7.49. The third-order valence-corrected chi connectivity index (χ3v) is 11.5. The molecule has 4 aromatic rings. The van der Waals surface area contributed by atoms with Crippen LogP contribution in [0.1, 0.15) is 30.2 Å². The van der Waals surface area contributed by atoms with Crippen molar-refractivity contribution in [2.24, 2.45) is 5.92 Å². The van der Waals surface area contributed by atoms with E-state index in [1.165, 1.54) is 0 Å². The van der Waals surface area contributed by atoms with Crippen LogP contribution < -0.4 is 10.2 Å². The molecule has 2 aromatic heterocycles. The van der Waals surface area contributed by atoms with Gasteiger partial charge in [-0.3, -0.25) is 14.3 Å². The molecule has 0 radical (unpaired) electrons.